The molecule has 2 aliphatic rings. The summed E-state index contributed by atoms with van der Waals surface area (Å²) in [6.45, 7) is 3.38. The maximum absolute atomic E-state index is 13.0. The number of fused-ring (bicyclic) bond motifs is 3. The fourth-order valence-corrected chi connectivity index (χ4v) is 6.32. The highest BCUT2D eigenvalue weighted by Crippen LogP contribution is 2.30. The Bertz CT molecular complexity index is 1480. The quantitative estimate of drug-likeness (QED) is 0.326. The lowest BCUT2D eigenvalue weighted by atomic mass is 10.1. The van der Waals surface area contributed by atoms with Crippen molar-refractivity contribution in [1.82, 2.24) is 24.9 Å². The van der Waals surface area contributed by atoms with E-state index >= 15 is 0 Å². The number of imidazole rings is 1. The molecule has 0 unspecified atom stereocenters. The predicted molar refractivity (Wildman–Crippen MR) is 149 cm³/mol. The summed E-state index contributed by atoms with van der Waals surface area (Å²) in [5.41, 5.74) is 4.13. The summed E-state index contributed by atoms with van der Waals surface area (Å²) in [5, 5.41) is 12.8. The minimum absolute atomic E-state index is 0.0151. The minimum atomic E-state index is -0.250. The number of nitrogens with zero attached hydrogens (tertiary/aromatic N) is 3. The lowest BCUT2D eigenvalue weighted by Gasteiger charge is -2.31. The average molecular weight is 550 g/mol. The highest BCUT2D eigenvalue weighted by atomic mass is 32.1. The second-order valence-electron chi connectivity index (χ2n) is 9.62. The Labute approximate surface area is 229 Å². The van der Waals surface area contributed by atoms with E-state index in [9.17, 15) is 9.59 Å². The molecule has 0 aliphatic carbocycles. The van der Waals surface area contributed by atoms with Crippen molar-refractivity contribution >= 4 is 44.8 Å². The molecule has 2 saturated heterocycles. The van der Waals surface area contributed by atoms with Crippen molar-refractivity contribution in [1.29, 1.82) is 0 Å². The first kappa shape index (κ1) is 26.8. The van der Waals surface area contributed by atoms with Crippen molar-refractivity contribution in [3.63, 3.8) is 0 Å². The third-order valence-electron chi connectivity index (χ3n) is 7.29. The number of rotatable bonds is 5. The second-order valence-corrected chi connectivity index (χ2v) is 10.6. The van der Waals surface area contributed by atoms with Crippen molar-refractivity contribution in [3.05, 3.63) is 59.8 Å². The Morgan fingerprint density at radius 1 is 1.08 bits per heavy atom. The highest BCUT2D eigenvalue weighted by molar-refractivity contribution is 7.23. The first-order chi connectivity index (χ1) is 19.0. The number of likely N-dealkylation sites (tertiary alicyclic amines) is 1. The average Bonchev–Trinajstić information content (AvgIpc) is 3.68. The van der Waals surface area contributed by atoms with Gasteiger partial charge in [-0.3, -0.25) is 23.7 Å². The number of thiazole rings is 1. The zero-order valence-corrected chi connectivity index (χ0v) is 22.4. The molecule has 0 radical (unpaired) electrons. The van der Waals surface area contributed by atoms with Gasteiger partial charge in [-0.2, -0.15) is 0 Å². The minimum Gasteiger partial charge on any atom is -0.483 e. The molecule has 204 valence electrons. The van der Waals surface area contributed by atoms with Gasteiger partial charge in [0, 0.05) is 68.3 Å². The molecule has 6 rings (SSSR count). The molecule has 2 aromatic heterocycles. The number of hydrogen-bond donors (Lipinski definition) is 3. The van der Waals surface area contributed by atoms with Gasteiger partial charge in [0.15, 0.2) is 4.96 Å². The zero-order valence-electron chi connectivity index (χ0n) is 21.6. The Morgan fingerprint density at radius 2 is 1.79 bits per heavy atom. The summed E-state index contributed by atoms with van der Waals surface area (Å²) in [5.74, 6) is -0.124. The van der Waals surface area contributed by atoms with E-state index in [1.807, 2.05) is 36.5 Å². The van der Waals surface area contributed by atoms with Crippen LogP contribution in [0.2, 0.25) is 0 Å². The monoisotopic (exact) mass is 549 g/mol. The van der Waals surface area contributed by atoms with Crippen LogP contribution in [-0.2, 0) is 9.53 Å². The molecule has 2 amide bonds. The first-order valence-corrected chi connectivity index (χ1v) is 13.8. The van der Waals surface area contributed by atoms with Crippen molar-refractivity contribution < 1.29 is 24.2 Å². The lowest BCUT2D eigenvalue weighted by Crippen LogP contribution is -2.41. The number of benzene rings is 2. The molecule has 39 heavy (non-hydrogen) atoms. The molecule has 3 N–H and O–H groups in total. The van der Waals surface area contributed by atoms with Gasteiger partial charge in [-0.1, -0.05) is 23.5 Å². The Morgan fingerprint density at radius 3 is 2.51 bits per heavy atom. The number of hydrogen-bond acceptors (Lipinski definition) is 7. The lowest BCUT2D eigenvalue weighted by molar-refractivity contribution is -0.122. The van der Waals surface area contributed by atoms with Crippen LogP contribution in [0.3, 0.4) is 0 Å². The van der Waals surface area contributed by atoms with Crippen LogP contribution in [0.1, 0.15) is 40.0 Å². The van der Waals surface area contributed by atoms with Crippen LogP contribution in [0.15, 0.2) is 48.7 Å². The van der Waals surface area contributed by atoms with Crippen LogP contribution in [0.4, 0.5) is 0 Å². The van der Waals surface area contributed by atoms with Gasteiger partial charge in [-0.15, -0.1) is 0 Å². The molecule has 0 bridgehead atoms. The van der Waals surface area contributed by atoms with Crippen LogP contribution in [0.25, 0.3) is 26.4 Å². The Hall–Kier alpha value is -3.80. The van der Waals surface area contributed by atoms with Gasteiger partial charge >= 0.3 is 0 Å². The molecule has 0 saturated carbocycles. The van der Waals surface area contributed by atoms with E-state index in [0.29, 0.717) is 17.2 Å². The van der Waals surface area contributed by atoms with Gasteiger partial charge < -0.3 is 20.5 Å². The molecule has 2 aliphatic heterocycles. The SMILES string of the molecule is CNC(=O)c1ccc(-c2cn3c(n2)sc2cc(C(=O)N[C@H]4CCN(C5CCOCC5)C4)ccc23)cc1.O=CO. The second kappa shape index (κ2) is 11.9. The molecule has 2 aromatic carbocycles. The highest BCUT2D eigenvalue weighted by Gasteiger charge is 2.30. The maximum Gasteiger partial charge on any atom is 0.290 e. The summed E-state index contributed by atoms with van der Waals surface area (Å²) in [4.78, 5) is 41.3. The van der Waals surface area contributed by atoms with Crippen molar-refractivity contribution in [3.8, 4) is 11.3 Å². The molecule has 2 fully saturated rings. The van der Waals surface area contributed by atoms with E-state index in [-0.39, 0.29) is 24.3 Å². The van der Waals surface area contributed by atoms with Crippen LogP contribution in [0.5, 0.6) is 0 Å². The molecule has 4 heterocycles. The number of ether oxygens (including phenoxy) is 1. The van der Waals surface area contributed by atoms with Crippen LogP contribution >= 0.6 is 11.3 Å². The van der Waals surface area contributed by atoms with Crippen molar-refractivity contribution in [2.24, 2.45) is 0 Å². The first-order valence-electron chi connectivity index (χ1n) is 13.0. The summed E-state index contributed by atoms with van der Waals surface area (Å²) >= 11 is 1.57. The Kier molecular flexibility index (Phi) is 8.20. The molecule has 11 heteroatoms. The van der Waals surface area contributed by atoms with Gasteiger partial charge in [-0.05, 0) is 49.6 Å². The van der Waals surface area contributed by atoms with Crippen LogP contribution in [0, 0.1) is 0 Å². The number of aromatic nitrogens is 2. The molecular formula is C28H31N5O5S. The van der Waals surface area contributed by atoms with Gasteiger partial charge in [0.05, 0.1) is 15.9 Å². The molecular weight excluding hydrogens is 518 g/mol. The normalized spacial score (nSPS) is 18.0. The third kappa shape index (κ3) is 5.80. The molecule has 1 atom stereocenters. The predicted octanol–water partition coefficient (Wildman–Crippen LogP) is 3.26. The van der Waals surface area contributed by atoms with E-state index < -0.39 is 0 Å². The van der Waals surface area contributed by atoms with Crippen molar-refractivity contribution in [2.75, 3.05) is 33.4 Å². The van der Waals surface area contributed by atoms with Gasteiger partial charge in [0.25, 0.3) is 18.3 Å². The fourth-order valence-electron chi connectivity index (χ4n) is 5.27. The molecule has 4 aromatic rings. The fraction of sp³-hybridized carbons (Fsp3) is 0.357. The molecule has 0 spiro atoms. The number of carboxylic acid groups (broad SMARTS) is 1. The summed E-state index contributed by atoms with van der Waals surface area (Å²) in [6.07, 6.45) is 5.17. The van der Waals surface area contributed by atoms with E-state index in [4.69, 9.17) is 19.6 Å². The standard InChI is InChI=1S/C27H29N5O3S.CH2O2/c1-28-25(33)18-4-2-17(3-5-18)22-16-32-23-7-6-19(14-24(23)36-27(32)30-22)26(34)29-20-8-11-31(15-20)21-9-12-35-13-10-21;2-1-3/h2-7,14,16,20-21H,8-13,15H2,1H3,(H,28,33)(H,29,34);1H,(H,2,3)/t20-;/m0./s1. The van der Waals surface area contributed by atoms with E-state index in [1.165, 1.54) is 0 Å². The number of carbonyl (C=O) groups is 3. The topological polar surface area (TPSA) is 125 Å². The van der Waals surface area contributed by atoms with E-state index in [0.717, 1.165) is 72.0 Å². The zero-order chi connectivity index (χ0) is 27.4. The summed E-state index contributed by atoms with van der Waals surface area (Å²) in [7, 11) is 1.62. The number of carbonyl (C=O) groups excluding carboxylic acids is 2. The Balaban J connectivity index is 0.000000983. The van der Waals surface area contributed by atoms with E-state index in [1.54, 1.807) is 30.5 Å². The maximum atomic E-state index is 13.0. The van der Waals surface area contributed by atoms with Gasteiger partial charge in [0.1, 0.15) is 0 Å². The van der Waals surface area contributed by atoms with Gasteiger partial charge in [-0.25, -0.2) is 4.98 Å². The van der Waals surface area contributed by atoms with Gasteiger partial charge in [0.2, 0.25) is 0 Å². The number of amides is 2. The van der Waals surface area contributed by atoms with E-state index in [2.05, 4.69) is 19.9 Å². The summed E-state index contributed by atoms with van der Waals surface area (Å²) in [6, 6.07) is 14.1. The van der Waals surface area contributed by atoms with Crippen LogP contribution in [-0.4, -0.2) is 83.1 Å². The smallest absolute Gasteiger partial charge is 0.290 e. The molecule has 10 nitrogen and oxygen atoms in total. The van der Waals surface area contributed by atoms with Crippen LogP contribution < -0.4 is 10.6 Å². The third-order valence-corrected chi connectivity index (χ3v) is 8.31. The number of nitrogens with one attached hydrogen (secondary N) is 2. The summed E-state index contributed by atoms with van der Waals surface area (Å²) < 4.78 is 8.58. The van der Waals surface area contributed by atoms with Crippen molar-refractivity contribution in [2.45, 2.75) is 31.3 Å². The largest absolute Gasteiger partial charge is 0.483 e.